The second-order valence-corrected chi connectivity index (χ2v) is 4.70. The Morgan fingerprint density at radius 1 is 1.26 bits per heavy atom. The van der Waals surface area contributed by atoms with E-state index in [1.807, 2.05) is 42.1 Å². The first-order chi connectivity index (χ1) is 9.25. The van der Waals surface area contributed by atoms with Crippen LogP contribution in [0, 0.1) is 0 Å². The molecule has 0 unspecified atom stereocenters. The number of fused-ring (bicyclic) bond motifs is 1. The lowest BCUT2D eigenvalue weighted by atomic mass is 10.2. The lowest BCUT2D eigenvalue weighted by Gasteiger charge is -2.26. The fourth-order valence-corrected chi connectivity index (χ4v) is 2.40. The topological polar surface area (TPSA) is 46.5 Å². The third-order valence-electron chi connectivity index (χ3n) is 3.44. The number of aromatic nitrogens is 1. The van der Waals surface area contributed by atoms with Crippen LogP contribution in [0.1, 0.15) is 0 Å². The van der Waals surface area contributed by atoms with Gasteiger partial charge in [0.25, 0.3) is 0 Å². The van der Waals surface area contributed by atoms with Crippen LogP contribution in [0.3, 0.4) is 0 Å². The minimum absolute atomic E-state index is 0.0559. The van der Waals surface area contributed by atoms with E-state index < -0.39 is 0 Å². The average molecular weight is 259 g/mol. The monoisotopic (exact) mass is 259 g/mol. The summed E-state index contributed by atoms with van der Waals surface area (Å²) in [5, 5.41) is 4.05. The van der Waals surface area contributed by atoms with Gasteiger partial charge in [0, 0.05) is 37.2 Å². The molecule has 5 nitrogen and oxygen atoms in total. The molecule has 1 aliphatic rings. The van der Waals surface area contributed by atoms with Crippen LogP contribution in [0.2, 0.25) is 0 Å². The molecule has 0 aliphatic carbocycles. The first-order valence-electron chi connectivity index (χ1n) is 6.43. The van der Waals surface area contributed by atoms with E-state index in [-0.39, 0.29) is 6.03 Å². The van der Waals surface area contributed by atoms with E-state index in [0.29, 0.717) is 26.3 Å². The van der Waals surface area contributed by atoms with Gasteiger partial charge in [-0.05, 0) is 6.07 Å². The van der Waals surface area contributed by atoms with Crippen LogP contribution in [-0.4, -0.2) is 41.8 Å². The Bertz CT molecular complexity index is 600. The summed E-state index contributed by atoms with van der Waals surface area (Å²) in [6, 6.07) is 7.98. The number of aryl methyl sites for hydroxylation is 1. The smallest absolute Gasteiger partial charge is 0.322 e. The van der Waals surface area contributed by atoms with Crippen molar-refractivity contribution in [2.24, 2.45) is 7.05 Å². The zero-order valence-corrected chi connectivity index (χ0v) is 10.9. The summed E-state index contributed by atoms with van der Waals surface area (Å²) in [5.74, 6) is 0. The molecule has 1 N–H and O–H groups in total. The molecule has 2 amide bonds. The van der Waals surface area contributed by atoms with Crippen molar-refractivity contribution in [1.82, 2.24) is 9.47 Å². The maximum Gasteiger partial charge on any atom is 0.322 e. The Balaban J connectivity index is 1.83. The SMILES string of the molecule is Cn1cc(NC(=O)N2CCOCC2)c2ccccc21. The number of hydrogen-bond donors (Lipinski definition) is 1. The first-order valence-corrected chi connectivity index (χ1v) is 6.43. The maximum absolute atomic E-state index is 12.2. The summed E-state index contributed by atoms with van der Waals surface area (Å²) in [4.78, 5) is 14.0. The van der Waals surface area contributed by atoms with Crippen LogP contribution in [0.25, 0.3) is 10.9 Å². The third-order valence-corrected chi connectivity index (χ3v) is 3.44. The molecule has 1 saturated heterocycles. The number of rotatable bonds is 1. The molecule has 1 aromatic carbocycles. The summed E-state index contributed by atoms with van der Waals surface area (Å²) in [6.45, 7) is 2.53. The second kappa shape index (κ2) is 4.93. The number of carbonyl (C=O) groups is 1. The lowest BCUT2D eigenvalue weighted by Crippen LogP contribution is -2.43. The Morgan fingerprint density at radius 2 is 2.00 bits per heavy atom. The molecule has 0 radical (unpaired) electrons. The van der Waals surface area contributed by atoms with Gasteiger partial charge in [0.1, 0.15) is 0 Å². The van der Waals surface area contributed by atoms with Crippen molar-refractivity contribution < 1.29 is 9.53 Å². The predicted octanol–water partition coefficient (Wildman–Crippen LogP) is 2.04. The molecule has 0 spiro atoms. The zero-order chi connectivity index (χ0) is 13.2. The Labute approximate surface area is 111 Å². The number of benzene rings is 1. The van der Waals surface area contributed by atoms with Crippen LogP contribution < -0.4 is 5.32 Å². The Kier molecular flexibility index (Phi) is 3.13. The van der Waals surface area contributed by atoms with E-state index >= 15 is 0 Å². The average Bonchev–Trinajstić information content (AvgIpc) is 2.77. The number of carbonyl (C=O) groups excluding carboxylic acids is 1. The number of ether oxygens (including phenoxy) is 1. The molecule has 19 heavy (non-hydrogen) atoms. The molecular weight excluding hydrogens is 242 g/mol. The molecule has 100 valence electrons. The number of amides is 2. The van der Waals surface area contributed by atoms with Gasteiger partial charge in [0.15, 0.2) is 0 Å². The summed E-state index contributed by atoms with van der Waals surface area (Å²) >= 11 is 0. The molecule has 5 heteroatoms. The van der Waals surface area contributed by atoms with E-state index in [4.69, 9.17) is 4.74 Å². The number of nitrogens with one attached hydrogen (secondary N) is 1. The second-order valence-electron chi connectivity index (χ2n) is 4.70. The lowest BCUT2D eigenvalue weighted by molar-refractivity contribution is 0.0565. The van der Waals surface area contributed by atoms with Gasteiger partial charge in [-0.2, -0.15) is 0 Å². The molecular formula is C14H17N3O2. The van der Waals surface area contributed by atoms with Crippen molar-refractivity contribution in [3.8, 4) is 0 Å². The summed E-state index contributed by atoms with van der Waals surface area (Å²) in [5.41, 5.74) is 1.97. The van der Waals surface area contributed by atoms with Crippen LogP contribution in [0.15, 0.2) is 30.5 Å². The molecule has 2 heterocycles. The fourth-order valence-electron chi connectivity index (χ4n) is 2.40. The fraction of sp³-hybridized carbons (Fsp3) is 0.357. The summed E-state index contributed by atoms with van der Waals surface area (Å²) in [6.07, 6.45) is 1.95. The van der Waals surface area contributed by atoms with E-state index in [1.54, 1.807) is 4.90 Å². The number of anilines is 1. The molecule has 0 bridgehead atoms. The van der Waals surface area contributed by atoms with Gasteiger partial charge in [-0.15, -0.1) is 0 Å². The highest BCUT2D eigenvalue weighted by molar-refractivity contribution is 6.01. The Hall–Kier alpha value is -2.01. The van der Waals surface area contributed by atoms with Crippen molar-refractivity contribution in [2.75, 3.05) is 31.6 Å². The minimum atomic E-state index is -0.0559. The first kappa shape index (κ1) is 12.0. The van der Waals surface area contributed by atoms with E-state index in [1.165, 1.54) is 0 Å². The van der Waals surface area contributed by atoms with Crippen molar-refractivity contribution in [2.45, 2.75) is 0 Å². The quantitative estimate of drug-likeness (QED) is 0.852. The van der Waals surface area contributed by atoms with Gasteiger partial charge >= 0.3 is 6.03 Å². The molecule has 1 aliphatic heterocycles. The number of nitrogens with zero attached hydrogens (tertiary/aromatic N) is 2. The minimum Gasteiger partial charge on any atom is -0.378 e. The highest BCUT2D eigenvalue weighted by atomic mass is 16.5. The van der Waals surface area contributed by atoms with Crippen LogP contribution >= 0.6 is 0 Å². The van der Waals surface area contributed by atoms with E-state index in [2.05, 4.69) is 5.32 Å². The maximum atomic E-state index is 12.2. The van der Waals surface area contributed by atoms with Crippen molar-refractivity contribution in [3.05, 3.63) is 30.5 Å². The van der Waals surface area contributed by atoms with Crippen LogP contribution in [0.5, 0.6) is 0 Å². The molecule has 0 saturated carbocycles. The molecule has 3 rings (SSSR count). The number of morpholine rings is 1. The summed E-state index contributed by atoms with van der Waals surface area (Å²) in [7, 11) is 1.98. The van der Waals surface area contributed by atoms with Gasteiger partial charge in [0.2, 0.25) is 0 Å². The largest absolute Gasteiger partial charge is 0.378 e. The summed E-state index contributed by atoms with van der Waals surface area (Å²) < 4.78 is 7.27. The van der Waals surface area contributed by atoms with Crippen molar-refractivity contribution in [3.63, 3.8) is 0 Å². The van der Waals surface area contributed by atoms with Gasteiger partial charge in [-0.3, -0.25) is 0 Å². The van der Waals surface area contributed by atoms with E-state index in [9.17, 15) is 4.79 Å². The van der Waals surface area contributed by atoms with Crippen molar-refractivity contribution in [1.29, 1.82) is 0 Å². The van der Waals surface area contributed by atoms with Crippen molar-refractivity contribution >= 4 is 22.6 Å². The van der Waals surface area contributed by atoms with Gasteiger partial charge in [-0.25, -0.2) is 4.79 Å². The van der Waals surface area contributed by atoms with Gasteiger partial charge in [0.05, 0.1) is 18.9 Å². The zero-order valence-electron chi connectivity index (χ0n) is 10.9. The molecule has 0 atom stereocenters. The number of hydrogen-bond acceptors (Lipinski definition) is 2. The van der Waals surface area contributed by atoms with Crippen LogP contribution in [0.4, 0.5) is 10.5 Å². The Morgan fingerprint density at radius 3 is 2.79 bits per heavy atom. The standard InChI is InChI=1S/C14H17N3O2/c1-16-10-12(11-4-2-3-5-13(11)16)15-14(18)17-6-8-19-9-7-17/h2-5,10H,6-9H2,1H3,(H,15,18). The highest BCUT2D eigenvalue weighted by Crippen LogP contribution is 2.25. The number of para-hydroxylation sites is 1. The van der Waals surface area contributed by atoms with Crippen LogP contribution in [-0.2, 0) is 11.8 Å². The normalized spacial score (nSPS) is 15.7. The predicted molar refractivity (Wildman–Crippen MR) is 74.3 cm³/mol. The molecule has 1 aromatic heterocycles. The number of urea groups is 1. The molecule has 2 aromatic rings. The third kappa shape index (κ3) is 2.29. The van der Waals surface area contributed by atoms with Gasteiger partial charge in [-0.1, -0.05) is 18.2 Å². The molecule has 1 fully saturated rings. The van der Waals surface area contributed by atoms with Gasteiger partial charge < -0.3 is 19.5 Å². The van der Waals surface area contributed by atoms with E-state index in [0.717, 1.165) is 16.6 Å². The highest BCUT2D eigenvalue weighted by Gasteiger charge is 2.18.